The summed E-state index contributed by atoms with van der Waals surface area (Å²) in [5, 5.41) is 5.90. The number of benzene rings is 1. The Kier molecular flexibility index (Phi) is 2.54. The van der Waals surface area contributed by atoms with Crippen LogP contribution < -0.4 is 0 Å². The van der Waals surface area contributed by atoms with E-state index >= 15 is 0 Å². The third-order valence-corrected chi connectivity index (χ3v) is 6.27. The first-order valence-electron chi connectivity index (χ1n) is 7.97. The molecule has 5 heteroatoms. The minimum Gasteiger partial charge on any atom is -0.272 e. The van der Waals surface area contributed by atoms with Crippen molar-refractivity contribution in [2.45, 2.75) is 12.8 Å². The van der Waals surface area contributed by atoms with Crippen molar-refractivity contribution in [2.24, 2.45) is 34.2 Å². The van der Waals surface area contributed by atoms with Gasteiger partial charge in [0.15, 0.2) is 0 Å². The first kappa shape index (κ1) is 13.5. The molecule has 116 valence electrons. The molecular formula is C18H15ClN2O2. The van der Waals surface area contributed by atoms with Crippen LogP contribution in [0.2, 0.25) is 5.02 Å². The van der Waals surface area contributed by atoms with Crippen LogP contribution >= 0.6 is 11.6 Å². The Morgan fingerprint density at radius 3 is 2.13 bits per heavy atom. The first-order valence-corrected chi connectivity index (χ1v) is 8.35. The van der Waals surface area contributed by atoms with Crippen LogP contribution in [0.3, 0.4) is 0 Å². The second-order valence-corrected chi connectivity index (χ2v) is 7.44. The van der Waals surface area contributed by atoms with Crippen molar-refractivity contribution >= 4 is 29.6 Å². The fourth-order valence-corrected chi connectivity index (χ4v) is 4.98. The quantitative estimate of drug-likeness (QED) is 0.476. The molecule has 2 bridgehead atoms. The Bertz CT molecular complexity index is 745. The molecule has 4 atom stereocenters. The van der Waals surface area contributed by atoms with E-state index in [9.17, 15) is 9.59 Å². The molecule has 23 heavy (non-hydrogen) atoms. The molecule has 3 aliphatic carbocycles. The summed E-state index contributed by atoms with van der Waals surface area (Å²) in [5.74, 6) is -0.166. The number of carbonyl (C=O) groups excluding carboxylic acids is 2. The Morgan fingerprint density at radius 1 is 1.04 bits per heavy atom. The van der Waals surface area contributed by atoms with Gasteiger partial charge in [-0.2, -0.15) is 10.1 Å². The van der Waals surface area contributed by atoms with E-state index in [-0.39, 0.29) is 40.9 Å². The van der Waals surface area contributed by atoms with E-state index < -0.39 is 0 Å². The topological polar surface area (TPSA) is 49.7 Å². The molecule has 1 spiro atoms. The molecule has 0 radical (unpaired) electrons. The summed E-state index contributed by atoms with van der Waals surface area (Å²) in [7, 11) is 0. The van der Waals surface area contributed by atoms with Gasteiger partial charge in [0.25, 0.3) is 11.8 Å². The van der Waals surface area contributed by atoms with E-state index in [0.29, 0.717) is 5.02 Å². The normalized spacial score (nSPS) is 35.8. The number of amides is 2. The highest BCUT2D eigenvalue weighted by Gasteiger charge is 2.73. The van der Waals surface area contributed by atoms with Crippen LogP contribution in [0.25, 0.3) is 0 Å². The Hall–Kier alpha value is -1.94. The summed E-state index contributed by atoms with van der Waals surface area (Å²) < 4.78 is 0. The van der Waals surface area contributed by atoms with Crippen LogP contribution in [0.4, 0.5) is 0 Å². The van der Waals surface area contributed by atoms with Crippen molar-refractivity contribution in [3.8, 4) is 0 Å². The monoisotopic (exact) mass is 326 g/mol. The second kappa shape index (κ2) is 4.32. The Morgan fingerprint density at radius 2 is 1.61 bits per heavy atom. The van der Waals surface area contributed by atoms with Crippen LogP contribution in [-0.2, 0) is 9.59 Å². The molecule has 4 aliphatic rings. The molecule has 2 amide bonds. The van der Waals surface area contributed by atoms with E-state index in [1.54, 1.807) is 18.3 Å². The number of fused-ring (bicyclic) bond motifs is 3. The van der Waals surface area contributed by atoms with Gasteiger partial charge in [-0.25, -0.2) is 0 Å². The Balaban J connectivity index is 1.43. The van der Waals surface area contributed by atoms with Crippen molar-refractivity contribution in [1.82, 2.24) is 5.01 Å². The molecular weight excluding hydrogens is 312 g/mol. The van der Waals surface area contributed by atoms with Crippen LogP contribution in [0.5, 0.6) is 0 Å². The minimum atomic E-state index is -0.192. The molecule has 1 aliphatic heterocycles. The van der Waals surface area contributed by atoms with Crippen LogP contribution in [0.1, 0.15) is 18.4 Å². The van der Waals surface area contributed by atoms with Gasteiger partial charge in [-0.05, 0) is 47.8 Å². The third kappa shape index (κ3) is 1.65. The zero-order chi connectivity index (χ0) is 15.8. The van der Waals surface area contributed by atoms with Crippen molar-refractivity contribution in [3.05, 3.63) is 47.0 Å². The lowest BCUT2D eigenvalue weighted by Crippen LogP contribution is -2.30. The van der Waals surface area contributed by atoms with Crippen molar-refractivity contribution in [3.63, 3.8) is 0 Å². The average Bonchev–Trinajstić information content (AvgIpc) is 3.15. The summed E-state index contributed by atoms with van der Waals surface area (Å²) in [6.45, 7) is 0. The molecule has 0 unspecified atom stereocenters. The minimum absolute atomic E-state index is 0.131. The molecule has 1 aromatic carbocycles. The third-order valence-electron chi connectivity index (χ3n) is 6.02. The van der Waals surface area contributed by atoms with Gasteiger partial charge in [0.2, 0.25) is 0 Å². The number of hydrogen-bond donors (Lipinski definition) is 0. The number of hydrogen-bond acceptors (Lipinski definition) is 3. The number of hydrazone groups is 1. The zero-order valence-corrected chi connectivity index (χ0v) is 13.1. The SMILES string of the molecule is O=C1[C@@H]2[C@@H](C(=O)N1/N=C\c1ccc(Cl)cc1)[C@@H]1C=C[C@H]2C12CC2. The predicted molar refractivity (Wildman–Crippen MR) is 85.7 cm³/mol. The number of halogens is 1. The summed E-state index contributed by atoms with van der Waals surface area (Å²) >= 11 is 5.85. The van der Waals surface area contributed by atoms with Crippen LogP contribution in [0.15, 0.2) is 41.5 Å². The summed E-state index contributed by atoms with van der Waals surface area (Å²) in [6, 6.07) is 7.13. The highest BCUT2D eigenvalue weighted by molar-refractivity contribution is 6.30. The maximum absolute atomic E-state index is 12.7. The largest absolute Gasteiger partial charge is 0.272 e. The zero-order valence-electron chi connectivity index (χ0n) is 12.4. The summed E-state index contributed by atoms with van der Waals surface area (Å²) in [5.41, 5.74) is 1.04. The van der Waals surface area contributed by atoms with E-state index in [4.69, 9.17) is 11.6 Å². The van der Waals surface area contributed by atoms with Gasteiger partial charge >= 0.3 is 0 Å². The van der Waals surface area contributed by atoms with Gasteiger partial charge in [-0.15, -0.1) is 0 Å². The van der Waals surface area contributed by atoms with Crippen LogP contribution in [-0.4, -0.2) is 23.0 Å². The van der Waals surface area contributed by atoms with Crippen molar-refractivity contribution in [1.29, 1.82) is 0 Å². The van der Waals surface area contributed by atoms with Gasteiger partial charge < -0.3 is 0 Å². The molecule has 1 saturated heterocycles. The first-order chi connectivity index (χ1) is 11.1. The number of nitrogens with zero attached hydrogens (tertiary/aromatic N) is 2. The highest BCUT2D eigenvalue weighted by Crippen LogP contribution is 2.73. The fraction of sp³-hybridized carbons (Fsp3) is 0.389. The lowest BCUT2D eigenvalue weighted by Gasteiger charge is -2.18. The standard InChI is InChI=1S/C18H15ClN2O2/c19-11-3-1-10(2-4-11)9-20-21-16(22)14-12-5-6-13(15(14)17(21)23)18(12)7-8-18/h1-6,9,12-15H,7-8H2/b20-9-/t12-,13+,14-,15-/m0/s1. The summed E-state index contributed by atoms with van der Waals surface area (Å²) in [6.07, 6.45) is 8.18. The maximum atomic E-state index is 12.7. The Labute approximate surface area is 138 Å². The molecule has 4 nitrogen and oxygen atoms in total. The van der Waals surface area contributed by atoms with Crippen molar-refractivity contribution in [2.75, 3.05) is 0 Å². The average molecular weight is 327 g/mol. The molecule has 5 rings (SSSR count). The highest BCUT2D eigenvalue weighted by atomic mass is 35.5. The van der Waals surface area contributed by atoms with Gasteiger partial charge in [-0.1, -0.05) is 35.9 Å². The molecule has 1 heterocycles. The second-order valence-electron chi connectivity index (χ2n) is 7.01. The number of allylic oxidation sites excluding steroid dienone is 2. The molecule has 0 N–H and O–H groups in total. The lowest BCUT2D eigenvalue weighted by atomic mass is 9.85. The van der Waals surface area contributed by atoms with Crippen molar-refractivity contribution < 1.29 is 9.59 Å². The number of imide groups is 1. The van der Waals surface area contributed by atoms with E-state index in [2.05, 4.69) is 17.3 Å². The molecule has 0 aromatic heterocycles. The molecule has 1 aromatic rings. The maximum Gasteiger partial charge on any atom is 0.254 e. The molecule has 3 fully saturated rings. The van der Waals surface area contributed by atoms with Gasteiger partial charge in [0, 0.05) is 5.02 Å². The fourth-order valence-electron chi connectivity index (χ4n) is 4.85. The number of rotatable bonds is 2. The summed E-state index contributed by atoms with van der Waals surface area (Å²) in [4.78, 5) is 25.4. The smallest absolute Gasteiger partial charge is 0.254 e. The van der Waals surface area contributed by atoms with Gasteiger partial charge in [-0.3, -0.25) is 9.59 Å². The van der Waals surface area contributed by atoms with E-state index in [0.717, 1.165) is 23.4 Å². The van der Waals surface area contributed by atoms with Crippen LogP contribution in [0, 0.1) is 29.1 Å². The predicted octanol–water partition coefficient (Wildman–Crippen LogP) is 2.87. The van der Waals surface area contributed by atoms with E-state index in [1.165, 1.54) is 0 Å². The van der Waals surface area contributed by atoms with Gasteiger partial charge in [0.1, 0.15) is 0 Å². The lowest BCUT2D eigenvalue weighted by molar-refractivity contribution is -0.141. The molecule has 2 saturated carbocycles. The van der Waals surface area contributed by atoms with E-state index in [1.807, 2.05) is 12.1 Å². The van der Waals surface area contributed by atoms with Gasteiger partial charge in [0.05, 0.1) is 18.1 Å². The number of carbonyl (C=O) groups is 2.